The van der Waals surface area contributed by atoms with Crippen LogP contribution in [-0.2, 0) is 11.3 Å². The standard InChI is InChI=1S/C35H39Cl2N3O4/c1-21-14-29(36)34(30(37)15-21)44-13-12-43-27-8-4-6-23(16-27)28-17-25-18-38-19-31(39-25)33(28)35(41)40(26-10-11-26)20-24-7-5-9-32(42-3)22(24)2/h4-9,14-16,25-26,31,38-39H,10-13,17-20H2,1-3H3/t25?,31-/m1/s1. The maximum Gasteiger partial charge on any atom is 0.252 e. The molecule has 0 radical (unpaired) electrons. The van der Waals surface area contributed by atoms with E-state index in [4.69, 9.17) is 37.4 Å². The predicted molar refractivity (Wildman–Crippen MR) is 175 cm³/mol. The molecule has 2 fully saturated rings. The lowest BCUT2D eigenvalue weighted by atomic mass is 9.83. The van der Waals surface area contributed by atoms with Crippen molar-refractivity contribution in [2.24, 2.45) is 0 Å². The van der Waals surface area contributed by atoms with Gasteiger partial charge in [-0.05, 0) is 91.3 Å². The van der Waals surface area contributed by atoms with Crippen LogP contribution < -0.4 is 24.8 Å². The summed E-state index contributed by atoms with van der Waals surface area (Å²) in [5, 5.41) is 8.21. The number of carbonyl (C=O) groups excluding carboxylic acids is 1. The zero-order valence-electron chi connectivity index (χ0n) is 25.4. The van der Waals surface area contributed by atoms with E-state index in [0.717, 1.165) is 77.3 Å². The van der Waals surface area contributed by atoms with Crippen LogP contribution in [0.1, 0.15) is 41.5 Å². The van der Waals surface area contributed by atoms with E-state index in [-0.39, 0.29) is 24.0 Å². The van der Waals surface area contributed by atoms with Gasteiger partial charge in [-0.1, -0.05) is 47.5 Å². The highest BCUT2D eigenvalue weighted by Crippen LogP contribution is 2.38. The van der Waals surface area contributed by atoms with Gasteiger partial charge in [0.2, 0.25) is 0 Å². The summed E-state index contributed by atoms with van der Waals surface area (Å²) in [5.41, 5.74) is 6.12. The molecule has 2 bridgehead atoms. The van der Waals surface area contributed by atoms with Crippen molar-refractivity contribution in [3.63, 3.8) is 0 Å². The van der Waals surface area contributed by atoms with Crippen molar-refractivity contribution in [1.29, 1.82) is 0 Å². The van der Waals surface area contributed by atoms with E-state index in [1.54, 1.807) is 7.11 Å². The third-order valence-corrected chi connectivity index (χ3v) is 9.22. The van der Waals surface area contributed by atoms with Gasteiger partial charge in [0.25, 0.3) is 5.91 Å². The molecular weight excluding hydrogens is 597 g/mol. The van der Waals surface area contributed by atoms with Crippen molar-refractivity contribution < 1.29 is 19.0 Å². The Kier molecular flexibility index (Phi) is 9.38. The number of benzene rings is 3. The Bertz CT molecular complexity index is 1550. The van der Waals surface area contributed by atoms with Crippen molar-refractivity contribution in [3.8, 4) is 17.2 Å². The van der Waals surface area contributed by atoms with Gasteiger partial charge in [-0.25, -0.2) is 0 Å². The highest BCUT2D eigenvalue weighted by Gasteiger charge is 2.41. The fraction of sp³-hybridized carbons (Fsp3) is 0.400. The Morgan fingerprint density at radius 3 is 2.48 bits per heavy atom. The van der Waals surface area contributed by atoms with Crippen LogP contribution in [0.3, 0.4) is 0 Å². The van der Waals surface area contributed by atoms with Crippen molar-refractivity contribution in [2.75, 3.05) is 33.4 Å². The number of rotatable bonds is 11. The molecule has 9 heteroatoms. The molecule has 1 aliphatic carbocycles. The predicted octanol–water partition coefficient (Wildman–Crippen LogP) is 6.36. The molecule has 7 nitrogen and oxygen atoms in total. The van der Waals surface area contributed by atoms with Gasteiger partial charge in [-0.3, -0.25) is 4.79 Å². The van der Waals surface area contributed by atoms with E-state index < -0.39 is 0 Å². The molecule has 3 aromatic rings. The number of halogens is 2. The normalized spacial score (nSPS) is 19.5. The van der Waals surface area contributed by atoms with E-state index in [1.165, 1.54) is 0 Å². The average molecular weight is 637 g/mol. The van der Waals surface area contributed by atoms with Crippen molar-refractivity contribution in [1.82, 2.24) is 15.5 Å². The number of fused-ring (bicyclic) bond motifs is 2. The first-order valence-corrected chi connectivity index (χ1v) is 16.0. The molecule has 2 N–H and O–H groups in total. The first-order valence-electron chi connectivity index (χ1n) is 15.3. The zero-order chi connectivity index (χ0) is 30.8. The zero-order valence-corrected chi connectivity index (χ0v) is 26.9. The monoisotopic (exact) mass is 635 g/mol. The number of aryl methyl sites for hydroxylation is 1. The molecule has 3 aromatic carbocycles. The van der Waals surface area contributed by atoms with E-state index in [0.29, 0.717) is 35.6 Å². The summed E-state index contributed by atoms with van der Waals surface area (Å²) in [6.45, 7) is 6.75. The summed E-state index contributed by atoms with van der Waals surface area (Å²) in [6.07, 6.45) is 2.82. The Labute approximate surface area is 269 Å². The lowest BCUT2D eigenvalue weighted by Gasteiger charge is -2.41. The maximum absolute atomic E-state index is 14.5. The van der Waals surface area contributed by atoms with Crippen LogP contribution in [-0.4, -0.2) is 62.3 Å². The first kappa shape index (κ1) is 30.8. The molecule has 0 spiro atoms. The maximum atomic E-state index is 14.5. The van der Waals surface area contributed by atoms with Crippen LogP contribution in [0.25, 0.3) is 5.57 Å². The number of hydrogen-bond donors (Lipinski definition) is 2. The Balaban J connectivity index is 1.24. The van der Waals surface area contributed by atoms with Gasteiger partial charge in [0.05, 0.1) is 23.2 Å². The lowest BCUT2D eigenvalue weighted by molar-refractivity contribution is -0.128. The van der Waals surface area contributed by atoms with E-state index in [1.807, 2.05) is 49.4 Å². The summed E-state index contributed by atoms with van der Waals surface area (Å²) in [7, 11) is 1.69. The molecule has 3 aliphatic rings. The summed E-state index contributed by atoms with van der Waals surface area (Å²) in [4.78, 5) is 16.6. The average Bonchev–Trinajstić information content (AvgIpc) is 3.85. The minimum absolute atomic E-state index is 0.0559. The fourth-order valence-electron chi connectivity index (χ4n) is 6.28. The number of nitrogens with one attached hydrogen (secondary N) is 2. The largest absolute Gasteiger partial charge is 0.496 e. The van der Waals surface area contributed by atoms with Crippen LogP contribution >= 0.6 is 23.2 Å². The SMILES string of the molecule is COc1cccc(CN(C(=O)C2=C(c3cccc(OCCOc4c(Cl)cc(C)cc4Cl)c3)CC3CNC[C@H]2N3)C2CC2)c1C. The van der Waals surface area contributed by atoms with E-state index >= 15 is 0 Å². The molecule has 1 amide bonds. The van der Waals surface area contributed by atoms with Crippen LogP contribution in [0.15, 0.2) is 60.2 Å². The molecule has 2 atom stereocenters. The van der Waals surface area contributed by atoms with Crippen LogP contribution in [0.5, 0.6) is 17.2 Å². The van der Waals surface area contributed by atoms with E-state index in [2.05, 4.69) is 34.6 Å². The number of piperazine rings is 1. The molecule has 2 heterocycles. The Morgan fingerprint density at radius 2 is 1.73 bits per heavy atom. The Morgan fingerprint density at radius 1 is 0.977 bits per heavy atom. The first-order chi connectivity index (χ1) is 21.3. The minimum atomic E-state index is -0.0559. The third-order valence-electron chi connectivity index (χ3n) is 8.66. The quantitative estimate of drug-likeness (QED) is 0.239. The van der Waals surface area contributed by atoms with Crippen molar-refractivity contribution >= 4 is 34.7 Å². The molecule has 1 saturated carbocycles. The fourth-order valence-corrected chi connectivity index (χ4v) is 6.99. The smallest absolute Gasteiger partial charge is 0.252 e. The van der Waals surface area contributed by atoms with Crippen LogP contribution in [0.4, 0.5) is 0 Å². The molecule has 1 unspecified atom stereocenters. The molecule has 44 heavy (non-hydrogen) atoms. The molecular formula is C35H39Cl2N3O4. The summed E-state index contributed by atoms with van der Waals surface area (Å²) < 4.78 is 17.5. The number of amides is 1. The van der Waals surface area contributed by atoms with Crippen molar-refractivity contribution in [3.05, 3.63) is 92.5 Å². The van der Waals surface area contributed by atoms with Gasteiger partial charge >= 0.3 is 0 Å². The van der Waals surface area contributed by atoms with Crippen LogP contribution in [0.2, 0.25) is 10.0 Å². The van der Waals surface area contributed by atoms with Gasteiger partial charge in [0.1, 0.15) is 24.7 Å². The van der Waals surface area contributed by atoms with Gasteiger partial charge in [-0.2, -0.15) is 0 Å². The highest BCUT2D eigenvalue weighted by molar-refractivity contribution is 6.37. The second kappa shape index (κ2) is 13.4. The number of ether oxygens (including phenoxy) is 3. The highest BCUT2D eigenvalue weighted by atomic mass is 35.5. The number of hydrogen-bond acceptors (Lipinski definition) is 6. The molecule has 0 aromatic heterocycles. The second-order valence-corrected chi connectivity index (χ2v) is 12.7. The number of methoxy groups -OCH3 is 1. The van der Waals surface area contributed by atoms with Gasteiger partial charge in [-0.15, -0.1) is 0 Å². The van der Waals surface area contributed by atoms with Crippen LogP contribution in [0, 0.1) is 13.8 Å². The van der Waals surface area contributed by atoms with Crippen molar-refractivity contribution in [2.45, 2.75) is 57.8 Å². The van der Waals surface area contributed by atoms with E-state index in [9.17, 15) is 4.79 Å². The minimum Gasteiger partial charge on any atom is -0.496 e. The second-order valence-electron chi connectivity index (χ2n) is 11.9. The summed E-state index contributed by atoms with van der Waals surface area (Å²) in [5.74, 6) is 2.13. The molecule has 1 saturated heterocycles. The number of carbonyl (C=O) groups is 1. The summed E-state index contributed by atoms with van der Waals surface area (Å²) >= 11 is 12.7. The molecule has 232 valence electrons. The topological polar surface area (TPSA) is 72.1 Å². The number of nitrogens with zero attached hydrogens (tertiary/aromatic N) is 1. The molecule has 6 rings (SSSR count). The lowest BCUT2D eigenvalue weighted by Crippen LogP contribution is -2.60. The van der Waals surface area contributed by atoms with Gasteiger partial charge in [0, 0.05) is 37.3 Å². The Hall–Kier alpha value is -3.23. The molecule has 2 aliphatic heterocycles. The third kappa shape index (κ3) is 6.71. The summed E-state index contributed by atoms with van der Waals surface area (Å²) in [6, 6.07) is 18.2. The van der Waals surface area contributed by atoms with Gasteiger partial charge < -0.3 is 29.7 Å². The van der Waals surface area contributed by atoms with Gasteiger partial charge in [0.15, 0.2) is 5.75 Å².